The van der Waals surface area contributed by atoms with Crippen LogP contribution in [0.5, 0.6) is 0 Å². The molecule has 7 heteroatoms. The van der Waals surface area contributed by atoms with Gasteiger partial charge in [0.25, 0.3) is 0 Å². The highest BCUT2D eigenvalue weighted by Gasteiger charge is 2.23. The van der Waals surface area contributed by atoms with Crippen molar-refractivity contribution in [3.63, 3.8) is 0 Å². The van der Waals surface area contributed by atoms with Gasteiger partial charge in [-0.15, -0.1) is 5.10 Å². The Morgan fingerprint density at radius 3 is 2.65 bits per heavy atom. The zero-order valence-electron chi connectivity index (χ0n) is 9.95. The predicted molar refractivity (Wildman–Crippen MR) is 57.5 cm³/mol. The van der Waals surface area contributed by atoms with Gasteiger partial charge in [0.15, 0.2) is 5.69 Å². The minimum absolute atomic E-state index is 0.140. The number of nitrogens with zero attached hydrogens (tertiary/aromatic N) is 3. The minimum atomic E-state index is -1.18. The summed E-state index contributed by atoms with van der Waals surface area (Å²) >= 11 is 0. The molecule has 0 saturated heterocycles. The highest BCUT2D eigenvalue weighted by Crippen LogP contribution is 2.10. The molecule has 0 spiro atoms. The van der Waals surface area contributed by atoms with Gasteiger partial charge in [0.05, 0.1) is 12.8 Å². The third-order valence-electron chi connectivity index (χ3n) is 2.06. The number of esters is 1. The number of hydrogen-bond acceptors (Lipinski definition) is 5. The molecule has 1 rings (SSSR count). The van der Waals surface area contributed by atoms with E-state index in [9.17, 15) is 9.59 Å². The summed E-state index contributed by atoms with van der Waals surface area (Å²) in [7, 11) is 0. The first-order valence-electron chi connectivity index (χ1n) is 5.23. The molecular weight excluding hydrogens is 226 g/mol. The van der Waals surface area contributed by atoms with Crippen molar-refractivity contribution in [1.82, 2.24) is 15.0 Å². The Morgan fingerprint density at radius 1 is 1.47 bits per heavy atom. The summed E-state index contributed by atoms with van der Waals surface area (Å²) in [6.45, 7) is 5.64. The Balaban J connectivity index is 2.75. The lowest BCUT2D eigenvalue weighted by molar-refractivity contribution is -0.148. The van der Waals surface area contributed by atoms with Crippen LogP contribution in [0.25, 0.3) is 0 Å². The largest absolute Gasteiger partial charge is 0.476 e. The first-order valence-corrected chi connectivity index (χ1v) is 5.23. The molecule has 0 aliphatic rings. The summed E-state index contributed by atoms with van der Waals surface area (Å²) < 4.78 is 6.04. The molecule has 1 aromatic heterocycles. The SMILES string of the molecule is CC(C)COC(=O)C(C)n1nncc1C(=O)O. The van der Waals surface area contributed by atoms with E-state index in [1.165, 1.54) is 6.92 Å². The summed E-state index contributed by atoms with van der Waals surface area (Å²) in [6.07, 6.45) is 1.09. The Bertz CT molecular complexity index is 413. The summed E-state index contributed by atoms with van der Waals surface area (Å²) in [6, 6.07) is -0.803. The average Bonchev–Trinajstić information content (AvgIpc) is 2.73. The van der Waals surface area contributed by atoms with E-state index in [2.05, 4.69) is 10.3 Å². The molecule has 7 nitrogen and oxygen atoms in total. The van der Waals surface area contributed by atoms with Crippen LogP contribution in [0, 0.1) is 5.92 Å². The lowest BCUT2D eigenvalue weighted by Gasteiger charge is -2.13. The molecule has 0 aliphatic heterocycles. The highest BCUT2D eigenvalue weighted by atomic mass is 16.5. The summed E-state index contributed by atoms with van der Waals surface area (Å²) in [5.74, 6) is -1.48. The minimum Gasteiger partial charge on any atom is -0.476 e. The smallest absolute Gasteiger partial charge is 0.355 e. The van der Waals surface area contributed by atoms with Gasteiger partial charge in [0.2, 0.25) is 0 Å². The lowest BCUT2D eigenvalue weighted by Crippen LogP contribution is -2.24. The van der Waals surface area contributed by atoms with Gasteiger partial charge in [-0.2, -0.15) is 0 Å². The molecule has 0 aliphatic carbocycles. The van der Waals surface area contributed by atoms with Crippen LogP contribution in [0.15, 0.2) is 6.20 Å². The maximum atomic E-state index is 11.6. The van der Waals surface area contributed by atoms with Gasteiger partial charge >= 0.3 is 11.9 Å². The van der Waals surface area contributed by atoms with Crippen LogP contribution in [0.1, 0.15) is 37.3 Å². The van der Waals surface area contributed by atoms with Crippen LogP contribution < -0.4 is 0 Å². The Hall–Kier alpha value is -1.92. The van der Waals surface area contributed by atoms with Crippen LogP contribution in [-0.2, 0) is 9.53 Å². The molecular formula is C10H15N3O4. The maximum absolute atomic E-state index is 11.6. The van der Waals surface area contributed by atoms with Crippen molar-refractivity contribution in [3.05, 3.63) is 11.9 Å². The van der Waals surface area contributed by atoms with Gasteiger partial charge in [0.1, 0.15) is 6.04 Å². The Morgan fingerprint density at radius 2 is 2.12 bits per heavy atom. The summed E-state index contributed by atoms with van der Waals surface area (Å²) in [4.78, 5) is 22.4. The first kappa shape index (κ1) is 13.1. The van der Waals surface area contributed by atoms with E-state index in [4.69, 9.17) is 9.84 Å². The third kappa shape index (κ3) is 3.27. The van der Waals surface area contributed by atoms with E-state index in [0.717, 1.165) is 10.9 Å². The van der Waals surface area contributed by atoms with Crippen LogP contribution in [0.4, 0.5) is 0 Å². The molecule has 0 fully saturated rings. The number of carbonyl (C=O) groups is 2. The fraction of sp³-hybridized carbons (Fsp3) is 0.600. The summed E-state index contributed by atoms with van der Waals surface area (Å²) in [5.41, 5.74) is -0.140. The fourth-order valence-corrected chi connectivity index (χ4v) is 1.15. The quantitative estimate of drug-likeness (QED) is 0.764. The number of hydrogen-bond donors (Lipinski definition) is 1. The Labute approximate surface area is 98.4 Å². The van der Waals surface area contributed by atoms with Crippen LogP contribution in [0.2, 0.25) is 0 Å². The van der Waals surface area contributed by atoms with Gasteiger partial charge in [-0.1, -0.05) is 19.1 Å². The summed E-state index contributed by atoms with van der Waals surface area (Å²) in [5, 5.41) is 15.9. The third-order valence-corrected chi connectivity index (χ3v) is 2.06. The van der Waals surface area contributed by atoms with Gasteiger partial charge in [-0.05, 0) is 12.8 Å². The van der Waals surface area contributed by atoms with Crippen molar-refractivity contribution in [2.45, 2.75) is 26.8 Å². The molecule has 0 amide bonds. The zero-order chi connectivity index (χ0) is 13.0. The molecule has 0 radical (unpaired) electrons. The number of rotatable bonds is 5. The predicted octanol–water partition coefficient (Wildman–Crippen LogP) is 0.736. The monoisotopic (exact) mass is 241 g/mol. The van der Waals surface area contributed by atoms with Crippen LogP contribution >= 0.6 is 0 Å². The molecule has 1 N–H and O–H groups in total. The second kappa shape index (κ2) is 5.42. The van der Waals surface area contributed by atoms with E-state index < -0.39 is 18.0 Å². The van der Waals surface area contributed by atoms with Crippen molar-refractivity contribution in [2.24, 2.45) is 5.92 Å². The van der Waals surface area contributed by atoms with Crippen molar-refractivity contribution in [1.29, 1.82) is 0 Å². The standard InChI is InChI=1S/C10H15N3O4/c1-6(2)5-17-10(16)7(3)13-8(9(14)15)4-11-12-13/h4,6-7H,5H2,1-3H3,(H,14,15). The molecule has 1 unspecified atom stereocenters. The van der Waals surface area contributed by atoms with Gasteiger partial charge in [-0.3, -0.25) is 0 Å². The van der Waals surface area contributed by atoms with Crippen LogP contribution in [0.3, 0.4) is 0 Å². The van der Waals surface area contributed by atoms with Crippen molar-refractivity contribution in [2.75, 3.05) is 6.61 Å². The highest BCUT2D eigenvalue weighted by molar-refractivity contribution is 5.86. The molecule has 1 aromatic rings. The lowest BCUT2D eigenvalue weighted by atomic mass is 10.2. The van der Waals surface area contributed by atoms with Gasteiger partial charge < -0.3 is 9.84 Å². The number of carboxylic acid groups (broad SMARTS) is 1. The van der Waals surface area contributed by atoms with E-state index >= 15 is 0 Å². The molecule has 1 atom stereocenters. The van der Waals surface area contributed by atoms with E-state index in [0.29, 0.717) is 6.61 Å². The van der Waals surface area contributed by atoms with Gasteiger partial charge in [0, 0.05) is 0 Å². The van der Waals surface area contributed by atoms with Gasteiger partial charge in [-0.25, -0.2) is 14.3 Å². The number of ether oxygens (including phenoxy) is 1. The molecule has 1 heterocycles. The first-order chi connectivity index (χ1) is 7.93. The normalized spacial score (nSPS) is 12.5. The molecule has 0 aromatic carbocycles. The molecule has 17 heavy (non-hydrogen) atoms. The Kier molecular flexibility index (Phi) is 4.19. The molecule has 0 saturated carbocycles. The molecule has 0 bridgehead atoms. The fourth-order valence-electron chi connectivity index (χ4n) is 1.15. The average molecular weight is 241 g/mol. The van der Waals surface area contributed by atoms with Crippen molar-refractivity contribution >= 4 is 11.9 Å². The second-order valence-electron chi connectivity index (χ2n) is 4.07. The zero-order valence-corrected chi connectivity index (χ0v) is 9.95. The number of carbonyl (C=O) groups excluding carboxylic acids is 1. The topological polar surface area (TPSA) is 94.3 Å². The number of carboxylic acids is 1. The second-order valence-corrected chi connectivity index (χ2v) is 4.07. The van der Waals surface area contributed by atoms with E-state index in [1.807, 2.05) is 13.8 Å². The van der Waals surface area contributed by atoms with Crippen molar-refractivity contribution in [3.8, 4) is 0 Å². The van der Waals surface area contributed by atoms with Crippen molar-refractivity contribution < 1.29 is 19.4 Å². The number of aromatic nitrogens is 3. The van der Waals surface area contributed by atoms with Crippen LogP contribution in [-0.4, -0.2) is 38.6 Å². The molecule has 94 valence electrons. The van der Waals surface area contributed by atoms with E-state index in [-0.39, 0.29) is 11.6 Å². The number of aromatic carboxylic acids is 1. The maximum Gasteiger partial charge on any atom is 0.355 e. The van der Waals surface area contributed by atoms with E-state index in [1.54, 1.807) is 0 Å².